The molecule has 2 N–H and O–H groups in total. The first-order valence-corrected chi connectivity index (χ1v) is 4.50. The van der Waals surface area contributed by atoms with Gasteiger partial charge in [-0.1, -0.05) is 13.8 Å². The molecular weight excluding hydrogens is 156 g/mol. The zero-order valence-electron chi connectivity index (χ0n) is 7.79. The standard InChI is InChI=1S/C9H18O3/c1-3-7(4-2)8(10)5-6-9(11)12/h7,9,11-12H,3-6H2,1-2H3. The molecule has 0 radical (unpaired) electrons. The van der Waals surface area contributed by atoms with Gasteiger partial charge >= 0.3 is 0 Å². The molecule has 0 aromatic rings. The summed E-state index contributed by atoms with van der Waals surface area (Å²) < 4.78 is 0. The summed E-state index contributed by atoms with van der Waals surface area (Å²) in [5, 5.41) is 17.1. The largest absolute Gasteiger partial charge is 0.368 e. The lowest BCUT2D eigenvalue weighted by Crippen LogP contribution is -2.15. The Kier molecular flexibility index (Phi) is 5.93. The maximum Gasteiger partial charge on any atom is 0.151 e. The van der Waals surface area contributed by atoms with Crippen molar-refractivity contribution >= 4 is 5.78 Å². The maximum atomic E-state index is 11.3. The van der Waals surface area contributed by atoms with Gasteiger partial charge in [0.05, 0.1) is 0 Å². The van der Waals surface area contributed by atoms with Crippen molar-refractivity contribution < 1.29 is 15.0 Å². The highest BCUT2D eigenvalue weighted by Crippen LogP contribution is 2.12. The van der Waals surface area contributed by atoms with E-state index in [0.717, 1.165) is 12.8 Å². The number of aliphatic hydroxyl groups excluding tert-OH is 1. The van der Waals surface area contributed by atoms with Gasteiger partial charge in [0.15, 0.2) is 6.29 Å². The van der Waals surface area contributed by atoms with E-state index in [4.69, 9.17) is 10.2 Å². The summed E-state index contributed by atoms with van der Waals surface area (Å²) in [5.74, 6) is 0.247. The summed E-state index contributed by atoms with van der Waals surface area (Å²) in [6, 6.07) is 0. The molecule has 0 heterocycles. The number of ketones is 1. The summed E-state index contributed by atoms with van der Waals surface area (Å²) in [7, 11) is 0. The van der Waals surface area contributed by atoms with Gasteiger partial charge < -0.3 is 10.2 Å². The van der Waals surface area contributed by atoms with Gasteiger partial charge in [0.1, 0.15) is 5.78 Å². The van der Waals surface area contributed by atoms with Crippen LogP contribution in [0.2, 0.25) is 0 Å². The second kappa shape index (κ2) is 6.14. The van der Waals surface area contributed by atoms with Crippen molar-refractivity contribution in [3.05, 3.63) is 0 Å². The lowest BCUT2D eigenvalue weighted by atomic mass is 9.95. The van der Waals surface area contributed by atoms with Gasteiger partial charge in [0, 0.05) is 18.8 Å². The molecule has 0 aliphatic heterocycles. The quantitative estimate of drug-likeness (QED) is 0.592. The topological polar surface area (TPSA) is 57.5 Å². The summed E-state index contributed by atoms with van der Waals surface area (Å²) in [5.41, 5.74) is 0. The zero-order chi connectivity index (χ0) is 9.56. The van der Waals surface area contributed by atoms with E-state index in [2.05, 4.69) is 0 Å². The summed E-state index contributed by atoms with van der Waals surface area (Å²) >= 11 is 0. The first-order valence-electron chi connectivity index (χ1n) is 4.50. The Hall–Kier alpha value is -0.410. The van der Waals surface area contributed by atoms with E-state index < -0.39 is 6.29 Å². The lowest BCUT2D eigenvalue weighted by Gasteiger charge is -2.10. The van der Waals surface area contributed by atoms with Gasteiger partial charge in [-0.05, 0) is 12.8 Å². The van der Waals surface area contributed by atoms with Crippen molar-refractivity contribution in [3.8, 4) is 0 Å². The van der Waals surface area contributed by atoms with Gasteiger partial charge in [-0.2, -0.15) is 0 Å². The molecule has 72 valence electrons. The van der Waals surface area contributed by atoms with E-state index in [1.165, 1.54) is 0 Å². The van der Waals surface area contributed by atoms with E-state index >= 15 is 0 Å². The average molecular weight is 174 g/mol. The van der Waals surface area contributed by atoms with E-state index in [0.29, 0.717) is 0 Å². The molecule has 0 fully saturated rings. The van der Waals surface area contributed by atoms with Crippen LogP contribution in [0.3, 0.4) is 0 Å². The van der Waals surface area contributed by atoms with Crippen molar-refractivity contribution in [2.45, 2.75) is 45.8 Å². The molecule has 3 heteroatoms. The summed E-state index contributed by atoms with van der Waals surface area (Å²) in [6.45, 7) is 3.95. The van der Waals surface area contributed by atoms with Crippen LogP contribution in [0.15, 0.2) is 0 Å². The number of hydrogen-bond acceptors (Lipinski definition) is 3. The molecule has 0 rings (SSSR count). The van der Waals surface area contributed by atoms with Crippen molar-refractivity contribution in [2.75, 3.05) is 0 Å². The highest BCUT2D eigenvalue weighted by Gasteiger charge is 2.14. The van der Waals surface area contributed by atoms with Gasteiger partial charge in [0.2, 0.25) is 0 Å². The van der Waals surface area contributed by atoms with Crippen LogP contribution in [0.5, 0.6) is 0 Å². The third-order valence-electron chi connectivity index (χ3n) is 2.09. The minimum absolute atomic E-state index is 0.101. The monoisotopic (exact) mass is 174 g/mol. The molecule has 0 spiro atoms. The first kappa shape index (κ1) is 11.6. The second-order valence-electron chi connectivity index (χ2n) is 3.00. The van der Waals surface area contributed by atoms with Crippen LogP contribution in [0.1, 0.15) is 39.5 Å². The molecule has 0 amide bonds. The molecule has 12 heavy (non-hydrogen) atoms. The Morgan fingerprint density at radius 1 is 1.25 bits per heavy atom. The van der Waals surface area contributed by atoms with Gasteiger partial charge in [-0.25, -0.2) is 0 Å². The number of Topliss-reactive ketones (excluding diaryl/α,β-unsaturated/α-hetero) is 1. The molecule has 0 saturated heterocycles. The fourth-order valence-corrected chi connectivity index (χ4v) is 1.22. The normalized spacial score (nSPS) is 11.2. The van der Waals surface area contributed by atoms with Crippen molar-refractivity contribution in [1.82, 2.24) is 0 Å². The molecule has 0 atom stereocenters. The molecule has 0 aliphatic carbocycles. The number of carbonyl (C=O) groups is 1. The van der Waals surface area contributed by atoms with E-state index in [1.54, 1.807) is 0 Å². The highest BCUT2D eigenvalue weighted by atomic mass is 16.5. The molecule has 3 nitrogen and oxygen atoms in total. The third kappa shape index (κ3) is 4.46. The van der Waals surface area contributed by atoms with Crippen LogP contribution in [-0.2, 0) is 4.79 Å². The number of hydrogen-bond donors (Lipinski definition) is 2. The summed E-state index contributed by atoms with van der Waals surface area (Å²) in [4.78, 5) is 11.3. The predicted molar refractivity (Wildman–Crippen MR) is 46.5 cm³/mol. The van der Waals surface area contributed by atoms with Crippen molar-refractivity contribution in [1.29, 1.82) is 0 Å². The van der Waals surface area contributed by atoms with Crippen molar-refractivity contribution in [2.24, 2.45) is 5.92 Å². The molecule has 0 aliphatic rings. The lowest BCUT2D eigenvalue weighted by molar-refractivity contribution is -0.125. The van der Waals surface area contributed by atoms with Crippen LogP contribution in [-0.4, -0.2) is 22.3 Å². The Morgan fingerprint density at radius 2 is 1.75 bits per heavy atom. The minimum Gasteiger partial charge on any atom is -0.368 e. The number of rotatable bonds is 6. The minimum atomic E-state index is -1.34. The fraction of sp³-hybridized carbons (Fsp3) is 0.889. The Bertz CT molecular complexity index is 128. The van der Waals surface area contributed by atoms with E-state index in [1.807, 2.05) is 13.8 Å². The van der Waals surface area contributed by atoms with E-state index in [9.17, 15) is 4.79 Å². The van der Waals surface area contributed by atoms with Crippen LogP contribution in [0.4, 0.5) is 0 Å². The first-order chi connectivity index (χ1) is 5.61. The van der Waals surface area contributed by atoms with Crippen LogP contribution in [0, 0.1) is 5.92 Å². The van der Waals surface area contributed by atoms with Crippen LogP contribution in [0.25, 0.3) is 0 Å². The van der Waals surface area contributed by atoms with Gasteiger partial charge in [-0.15, -0.1) is 0 Å². The smallest absolute Gasteiger partial charge is 0.151 e. The molecule has 0 unspecified atom stereocenters. The zero-order valence-corrected chi connectivity index (χ0v) is 7.79. The molecule has 0 bridgehead atoms. The fourth-order valence-electron chi connectivity index (χ4n) is 1.22. The molecule has 0 saturated carbocycles. The second-order valence-corrected chi connectivity index (χ2v) is 3.00. The third-order valence-corrected chi connectivity index (χ3v) is 2.09. The molecule has 0 aromatic heterocycles. The van der Waals surface area contributed by atoms with Crippen LogP contribution < -0.4 is 0 Å². The molecule has 0 aromatic carbocycles. The number of aliphatic hydroxyl groups is 2. The Morgan fingerprint density at radius 3 is 2.08 bits per heavy atom. The predicted octanol–water partition coefficient (Wildman–Crippen LogP) is 1.08. The van der Waals surface area contributed by atoms with Gasteiger partial charge in [0.25, 0.3) is 0 Å². The highest BCUT2D eigenvalue weighted by molar-refractivity contribution is 5.80. The maximum absolute atomic E-state index is 11.3. The Balaban J connectivity index is 3.69. The number of carbonyl (C=O) groups excluding carboxylic acids is 1. The average Bonchev–Trinajstić information content (AvgIpc) is 2.03. The van der Waals surface area contributed by atoms with Gasteiger partial charge in [-0.3, -0.25) is 4.79 Å². The van der Waals surface area contributed by atoms with Crippen molar-refractivity contribution in [3.63, 3.8) is 0 Å². The van der Waals surface area contributed by atoms with E-state index in [-0.39, 0.29) is 24.5 Å². The van der Waals surface area contributed by atoms with Crippen LogP contribution >= 0.6 is 0 Å². The molecular formula is C9H18O3. The SMILES string of the molecule is CCC(CC)C(=O)CCC(O)O. The Labute approximate surface area is 73.4 Å². The summed E-state index contributed by atoms with van der Waals surface area (Å²) in [6.07, 6.45) is 0.788.